The number of rotatable bonds is 2. The van der Waals surface area contributed by atoms with Crippen LogP contribution in [0.4, 0.5) is 0 Å². The van der Waals surface area contributed by atoms with Gasteiger partial charge in [-0.2, -0.15) is 0 Å². The van der Waals surface area contributed by atoms with Crippen molar-refractivity contribution in [2.24, 2.45) is 0 Å². The lowest BCUT2D eigenvalue weighted by Gasteiger charge is -2.07. The molecule has 0 spiro atoms. The predicted octanol–water partition coefficient (Wildman–Crippen LogP) is 4.66. The lowest BCUT2D eigenvalue weighted by molar-refractivity contribution is -0.108. The number of benzene rings is 2. The highest BCUT2D eigenvalue weighted by Crippen LogP contribution is 2.47. The highest BCUT2D eigenvalue weighted by molar-refractivity contribution is 6.47. The molecule has 2 aliphatic rings. The van der Waals surface area contributed by atoms with Gasteiger partial charge in [0.2, 0.25) is 0 Å². The van der Waals surface area contributed by atoms with Crippen molar-refractivity contribution in [3.8, 4) is 0 Å². The lowest BCUT2D eigenvalue weighted by atomic mass is 9.95. The number of fused-ring (bicyclic) bond motifs is 1. The van der Waals surface area contributed by atoms with E-state index in [4.69, 9.17) is 0 Å². The van der Waals surface area contributed by atoms with E-state index in [1.165, 1.54) is 11.1 Å². The van der Waals surface area contributed by atoms with Gasteiger partial charge in [0.05, 0.1) is 0 Å². The van der Waals surface area contributed by atoms with Gasteiger partial charge in [-0.3, -0.25) is 4.79 Å². The summed E-state index contributed by atoms with van der Waals surface area (Å²) in [5.74, 6) is 0.206. The van der Waals surface area contributed by atoms with Crippen LogP contribution in [-0.4, -0.2) is 5.78 Å². The Morgan fingerprint density at radius 1 is 0.619 bits per heavy atom. The molecule has 0 aliphatic heterocycles. The molecule has 1 nitrogen and oxygen atoms in total. The van der Waals surface area contributed by atoms with Gasteiger partial charge in [-0.1, -0.05) is 60.7 Å². The minimum absolute atomic E-state index is 0.206. The van der Waals surface area contributed by atoms with Gasteiger partial charge < -0.3 is 0 Å². The third-order valence-electron chi connectivity index (χ3n) is 4.40. The summed E-state index contributed by atoms with van der Waals surface area (Å²) in [7, 11) is 0. The molecule has 2 aromatic rings. The van der Waals surface area contributed by atoms with Gasteiger partial charge in [-0.15, -0.1) is 0 Å². The van der Waals surface area contributed by atoms with E-state index in [1.807, 2.05) is 60.7 Å². The van der Waals surface area contributed by atoms with E-state index in [2.05, 4.69) is 0 Å². The monoisotopic (exact) mass is 272 g/mol. The molecule has 0 heterocycles. The Bertz CT molecular complexity index is 699. The Kier molecular flexibility index (Phi) is 2.85. The average Bonchev–Trinajstić information content (AvgIpc) is 3.08. The number of allylic oxidation sites excluding steroid dienone is 4. The van der Waals surface area contributed by atoms with Gasteiger partial charge in [0.25, 0.3) is 0 Å². The Hall–Kier alpha value is -2.41. The summed E-state index contributed by atoms with van der Waals surface area (Å²) in [4.78, 5) is 13.0. The number of Topliss-reactive ketones (excluding diaryl/α,β-unsaturated/α-hetero) is 1. The van der Waals surface area contributed by atoms with E-state index in [1.54, 1.807) is 0 Å². The summed E-state index contributed by atoms with van der Waals surface area (Å²) in [6.45, 7) is 0. The fourth-order valence-corrected chi connectivity index (χ4v) is 3.51. The summed E-state index contributed by atoms with van der Waals surface area (Å²) >= 11 is 0. The van der Waals surface area contributed by atoms with Crippen LogP contribution in [0.2, 0.25) is 0 Å². The molecule has 102 valence electrons. The molecule has 4 rings (SSSR count). The Balaban J connectivity index is 1.88. The molecular weight excluding hydrogens is 256 g/mol. The second kappa shape index (κ2) is 4.85. The van der Waals surface area contributed by atoms with Crippen molar-refractivity contribution in [2.45, 2.75) is 19.3 Å². The molecule has 0 unspecified atom stereocenters. The zero-order chi connectivity index (χ0) is 14.2. The fourth-order valence-electron chi connectivity index (χ4n) is 3.51. The maximum atomic E-state index is 13.0. The average molecular weight is 272 g/mol. The number of carbonyl (C=O) groups is 1. The smallest absolute Gasteiger partial charge is 0.194 e. The second-order valence-corrected chi connectivity index (χ2v) is 5.62. The molecule has 1 heteroatoms. The van der Waals surface area contributed by atoms with Crippen LogP contribution in [0.5, 0.6) is 0 Å². The lowest BCUT2D eigenvalue weighted by Crippen LogP contribution is -2.02. The number of hydrogen-bond acceptors (Lipinski definition) is 1. The SMILES string of the molecule is O=C1C(c2ccccc2)=C2CCCC2=C1c1ccccc1. The van der Waals surface area contributed by atoms with Crippen molar-refractivity contribution in [3.63, 3.8) is 0 Å². The van der Waals surface area contributed by atoms with Gasteiger partial charge in [-0.25, -0.2) is 0 Å². The number of carbonyl (C=O) groups excluding carboxylic acids is 1. The molecule has 0 aromatic heterocycles. The molecule has 21 heavy (non-hydrogen) atoms. The maximum absolute atomic E-state index is 13.0. The van der Waals surface area contributed by atoms with Crippen molar-refractivity contribution < 1.29 is 4.79 Å². The maximum Gasteiger partial charge on any atom is 0.194 e. The van der Waals surface area contributed by atoms with Crippen LogP contribution >= 0.6 is 0 Å². The molecular formula is C20H16O. The minimum atomic E-state index is 0.206. The molecule has 1 saturated carbocycles. The van der Waals surface area contributed by atoms with Crippen LogP contribution in [0.25, 0.3) is 11.1 Å². The first-order valence-corrected chi connectivity index (χ1v) is 7.48. The largest absolute Gasteiger partial charge is 0.289 e. The topological polar surface area (TPSA) is 17.1 Å². The zero-order valence-corrected chi connectivity index (χ0v) is 11.8. The third-order valence-corrected chi connectivity index (χ3v) is 4.40. The summed E-state index contributed by atoms with van der Waals surface area (Å²) < 4.78 is 0. The molecule has 0 radical (unpaired) electrons. The summed E-state index contributed by atoms with van der Waals surface area (Å²) in [5, 5.41) is 0. The molecule has 0 amide bonds. The van der Waals surface area contributed by atoms with Crippen molar-refractivity contribution in [1.29, 1.82) is 0 Å². The summed E-state index contributed by atoms with van der Waals surface area (Å²) in [5.41, 5.74) is 6.55. The molecule has 0 bridgehead atoms. The van der Waals surface area contributed by atoms with Crippen LogP contribution in [0.15, 0.2) is 71.8 Å². The molecule has 0 atom stereocenters. The summed E-state index contributed by atoms with van der Waals surface area (Å²) in [6.07, 6.45) is 3.22. The molecule has 0 saturated heterocycles. The van der Waals surface area contributed by atoms with Crippen LogP contribution < -0.4 is 0 Å². The first-order chi connectivity index (χ1) is 10.4. The first kappa shape index (κ1) is 12.3. The van der Waals surface area contributed by atoms with Crippen LogP contribution in [-0.2, 0) is 4.79 Å². The molecule has 1 fully saturated rings. The van der Waals surface area contributed by atoms with E-state index < -0.39 is 0 Å². The molecule has 0 N–H and O–H groups in total. The predicted molar refractivity (Wildman–Crippen MR) is 85.6 cm³/mol. The highest BCUT2D eigenvalue weighted by atomic mass is 16.1. The Labute approximate surface area is 124 Å². The van der Waals surface area contributed by atoms with Crippen molar-refractivity contribution in [2.75, 3.05) is 0 Å². The van der Waals surface area contributed by atoms with Crippen molar-refractivity contribution in [3.05, 3.63) is 82.9 Å². The van der Waals surface area contributed by atoms with Gasteiger partial charge >= 0.3 is 0 Å². The standard InChI is InChI=1S/C20H16O/c21-20-18(14-8-3-1-4-9-14)16-12-7-13-17(16)19(20)15-10-5-2-6-11-15/h1-6,8-11H,7,12-13H2. The number of hydrogen-bond donors (Lipinski definition) is 0. The van der Waals surface area contributed by atoms with Gasteiger partial charge in [-0.05, 0) is 41.5 Å². The van der Waals surface area contributed by atoms with E-state index in [0.717, 1.165) is 41.5 Å². The first-order valence-electron chi connectivity index (χ1n) is 7.48. The van der Waals surface area contributed by atoms with Gasteiger partial charge in [0.15, 0.2) is 5.78 Å². The van der Waals surface area contributed by atoms with Crippen molar-refractivity contribution >= 4 is 16.9 Å². The molecule has 2 aliphatic carbocycles. The van der Waals surface area contributed by atoms with E-state index >= 15 is 0 Å². The van der Waals surface area contributed by atoms with E-state index in [9.17, 15) is 4.79 Å². The van der Waals surface area contributed by atoms with Crippen molar-refractivity contribution in [1.82, 2.24) is 0 Å². The van der Waals surface area contributed by atoms with Crippen LogP contribution in [0.1, 0.15) is 30.4 Å². The van der Waals surface area contributed by atoms with Gasteiger partial charge in [0, 0.05) is 11.1 Å². The molecule has 2 aromatic carbocycles. The quantitative estimate of drug-likeness (QED) is 0.777. The Morgan fingerprint density at radius 2 is 1.05 bits per heavy atom. The summed E-state index contributed by atoms with van der Waals surface area (Å²) in [6, 6.07) is 20.2. The minimum Gasteiger partial charge on any atom is -0.289 e. The van der Waals surface area contributed by atoms with Crippen LogP contribution in [0, 0.1) is 0 Å². The van der Waals surface area contributed by atoms with E-state index in [-0.39, 0.29) is 5.78 Å². The normalized spacial score (nSPS) is 17.6. The number of ketones is 1. The fraction of sp³-hybridized carbons (Fsp3) is 0.150. The Morgan fingerprint density at radius 3 is 1.48 bits per heavy atom. The highest BCUT2D eigenvalue weighted by Gasteiger charge is 2.35. The third kappa shape index (κ3) is 1.89. The second-order valence-electron chi connectivity index (χ2n) is 5.62. The van der Waals surface area contributed by atoms with E-state index in [0.29, 0.717) is 0 Å². The van der Waals surface area contributed by atoms with Gasteiger partial charge in [0.1, 0.15) is 0 Å². The zero-order valence-electron chi connectivity index (χ0n) is 11.8. The van der Waals surface area contributed by atoms with Crippen LogP contribution in [0.3, 0.4) is 0 Å².